The van der Waals surface area contributed by atoms with Gasteiger partial charge in [0.1, 0.15) is 0 Å². The Morgan fingerprint density at radius 2 is 0.875 bits per heavy atom. The van der Waals surface area contributed by atoms with E-state index in [4.69, 9.17) is 0 Å². The molecule has 0 saturated carbocycles. The van der Waals surface area contributed by atoms with Gasteiger partial charge >= 0.3 is 0 Å². The van der Waals surface area contributed by atoms with Crippen LogP contribution in [0.2, 0.25) is 0 Å². The van der Waals surface area contributed by atoms with E-state index < -0.39 is 0 Å². The average molecular weight is 540 g/mol. The van der Waals surface area contributed by atoms with Gasteiger partial charge in [0.2, 0.25) is 0 Å². The molecule has 0 spiro atoms. The lowest BCUT2D eigenvalue weighted by Gasteiger charge is -2.08. The fourth-order valence-electron chi connectivity index (χ4n) is 4.85. The van der Waals surface area contributed by atoms with Crippen molar-refractivity contribution in [3.63, 3.8) is 0 Å². The number of carbonyl (C=O) groups is 1. The molecule has 1 nitrogen and oxygen atoms in total. The zero-order chi connectivity index (χ0) is 21.8. The summed E-state index contributed by atoms with van der Waals surface area (Å²) in [4.78, 5) is 14.2. The molecule has 0 N–H and O–H groups in total. The molecule has 0 radical (unpaired) electrons. The molecule has 152 valence electrons. The zero-order valence-corrected chi connectivity index (χ0v) is 20.1. The van der Waals surface area contributed by atoms with Gasteiger partial charge in [-0.1, -0.05) is 105 Å². The number of hydrogen-bond donors (Lipinski definition) is 0. The topological polar surface area (TPSA) is 17.1 Å². The van der Waals surface area contributed by atoms with E-state index in [9.17, 15) is 4.79 Å². The molecular formula is C29H16Br2O. The van der Waals surface area contributed by atoms with Crippen LogP contribution in [0.25, 0.3) is 32.7 Å². The van der Waals surface area contributed by atoms with Gasteiger partial charge in [0, 0.05) is 30.5 Å². The highest BCUT2D eigenvalue weighted by Crippen LogP contribution is 2.31. The minimum Gasteiger partial charge on any atom is -0.289 e. The second-order valence-corrected chi connectivity index (χ2v) is 9.77. The minimum atomic E-state index is 0.0673. The first kappa shape index (κ1) is 19.7. The third-order valence-electron chi connectivity index (χ3n) is 6.11. The average Bonchev–Trinajstić information content (AvgIpc) is 3.12. The van der Waals surface area contributed by atoms with Gasteiger partial charge in [0.05, 0.1) is 0 Å². The van der Waals surface area contributed by atoms with Crippen molar-refractivity contribution in [2.24, 2.45) is 0 Å². The Morgan fingerprint density at radius 3 is 1.28 bits per heavy atom. The minimum absolute atomic E-state index is 0.0673. The number of hydrogen-bond acceptors (Lipinski definition) is 1. The third-order valence-corrected chi connectivity index (χ3v) is 7.10. The molecule has 0 bridgehead atoms. The molecule has 3 heteroatoms. The Bertz CT molecular complexity index is 1590. The van der Waals surface area contributed by atoms with Gasteiger partial charge in [0.25, 0.3) is 0 Å². The van der Waals surface area contributed by atoms with Crippen molar-refractivity contribution in [1.29, 1.82) is 0 Å². The molecule has 0 unspecified atom stereocenters. The Labute approximate surface area is 202 Å². The van der Waals surface area contributed by atoms with Crippen LogP contribution in [0.5, 0.6) is 0 Å². The van der Waals surface area contributed by atoms with Gasteiger partial charge in [-0.15, -0.1) is 0 Å². The largest absolute Gasteiger partial charge is 0.289 e. The number of benzene rings is 5. The van der Waals surface area contributed by atoms with Crippen molar-refractivity contribution in [2.75, 3.05) is 0 Å². The lowest BCUT2D eigenvalue weighted by Crippen LogP contribution is -2.27. The van der Waals surface area contributed by atoms with E-state index in [0.29, 0.717) is 0 Å². The monoisotopic (exact) mass is 538 g/mol. The van der Waals surface area contributed by atoms with Crippen LogP contribution in [0.15, 0.2) is 106 Å². The van der Waals surface area contributed by atoms with Gasteiger partial charge in [-0.2, -0.15) is 0 Å². The predicted octanol–water partition coefficient (Wildman–Crippen LogP) is 6.50. The second-order valence-electron chi connectivity index (χ2n) is 7.94. The summed E-state index contributed by atoms with van der Waals surface area (Å²) in [6.07, 6.45) is 0. The molecule has 5 aromatic rings. The van der Waals surface area contributed by atoms with Crippen LogP contribution in [0.4, 0.5) is 0 Å². The molecule has 1 aliphatic carbocycles. The smallest absolute Gasteiger partial charge is 0.195 e. The third kappa shape index (κ3) is 2.92. The number of Topliss-reactive ketones (excluding diaryl/α,β-unsaturated/α-hetero) is 1. The van der Waals surface area contributed by atoms with Crippen LogP contribution in [0.3, 0.4) is 0 Å². The van der Waals surface area contributed by atoms with Crippen molar-refractivity contribution in [3.05, 3.63) is 128 Å². The van der Waals surface area contributed by atoms with Gasteiger partial charge in [-0.25, -0.2) is 0 Å². The summed E-state index contributed by atoms with van der Waals surface area (Å²) in [6.45, 7) is 0. The van der Waals surface area contributed by atoms with Crippen molar-refractivity contribution in [3.8, 4) is 0 Å². The molecule has 0 amide bonds. The van der Waals surface area contributed by atoms with Gasteiger partial charge in [0.15, 0.2) is 5.78 Å². The summed E-state index contributed by atoms with van der Waals surface area (Å²) in [5.41, 5.74) is 3.38. The molecule has 0 aliphatic heterocycles. The Hall–Kier alpha value is -3.01. The summed E-state index contributed by atoms with van der Waals surface area (Å²) >= 11 is 7.18. The van der Waals surface area contributed by atoms with Crippen LogP contribution in [0.1, 0.15) is 11.1 Å². The first-order chi connectivity index (χ1) is 15.6. The first-order valence-electron chi connectivity index (χ1n) is 10.4. The SMILES string of the molecule is O=C1C(c2cccc(Br)c2)=c2c(c3ccccc3c3ccccc23)=C1c1cccc(Br)c1. The molecule has 1 aliphatic rings. The van der Waals surface area contributed by atoms with E-state index in [0.717, 1.165) is 63.2 Å². The van der Waals surface area contributed by atoms with Crippen molar-refractivity contribution in [2.45, 2.75) is 0 Å². The van der Waals surface area contributed by atoms with E-state index in [1.165, 1.54) is 0 Å². The lowest BCUT2D eigenvalue weighted by molar-refractivity contribution is -0.108. The molecule has 0 fully saturated rings. The van der Waals surface area contributed by atoms with E-state index in [-0.39, 0.29) is 5.78 Å². The lowest BCUT2D eigenvalue weighted by atomic mass is 9.95. The Balaban J connectivity index is 1.95. The van der Waals surface area contributed by atoms with Crippen LogP contribution in [0, 0.1) is 0 Å². The molecule has 0 atom stereocenters. The zero-order valence-electron chi connectivity index (χ0n) is 16.9. The predicted molar refractivity (Wildman–Crippen MR) is 139 cm³/mol. The van der Waals surface area contributed by atoms with Crippen molar-refractivity contribution < 1.29 is 4.79 Å². The summed E-state index contributed by atoms with van der Waals surface area (Å²) in [5.74, 6) is 0.0673. The maximum atomic E-state index is 14.2. The molecule has 32 heavy (non-hydrogen) atoms. The van der Waals surface area contributed by atoms with Crippen LogP contribution < -0.4 is 10.4 Å². The van der Waals surface area contributed by atoms with E-state index in [2.05, 4.69) is 80.4 Å². The Kier molecular flexibility index (Phi) is 4.63. The standard InChI is InChI=1S/C29H16Br2O/c30-19-9-5-7-17(15-19)25-27-23-13-3-1-11-21(23)22-12-2-4-14-24(22)28(27)26(29(25)32)18-8-6-10-20(31)16-18/h1-16H. The first-order valence-corrected chi connectivity index (χ1v) is 12.0. The highest BCUT2D eigenvalue weighted by atomic mass is 79.9. The highest BCUT2D eigenvalue weighted by molar-refractivity contribution is 9.10. The highest BCUT2D eigenvalue weighted by Gasteiger charge is 2.28. The maximum absolute atomic E-state index is 14.2. The quantitative estimate of drug-likeness (QED) is 0.234. The maximum Gasteiger partial charge on any atom is 0.195 e. The normalized spacial score (nSPS) is 13.2. The number of carbonyl (C=O) groups excluding carboxylic acids is 1. The summed E-state index contributed by atoms with van der Waals surface area (Å²) < 4.78 is 1.91. The Morgan fingerprint density at radius 1 is 0.469 bits per heavy atom. The molecule has 0 aromatic heterocycles. The molecule has 0 heterocycles. The summed E-state index contributed by atoms with van der Waals surface area (Å²) in [7, 11) is 0. The summed E-state index contributed by atoms with van der Waals surface area (Å²) in [5, 5.41) is 6.59. The molecular weight excluding hydrogens is 524 g/mol. The molecule has 0 saturated heterocycles. The van der Waals surface area contributed by atoms with E-state index in [1.807, 2.05) is 48.5 Å². The van der Waals surface area contributed by atoms with Gasteiger partial charge < -0.3 is 0 Å². The number of ketones is 1. The number of rotatable bonds is 2. The number of fused-ring (bicyclic) bond motifs is 6. The van der Waals surface area contributed by atoms with Crippen LogP contribution >= 0.6 is 31.9 Å². The summed E-state index contributed by atoms with van der Waals surface area (Å²) in [6, 6.07) is 32.9. The van der Waals surface area contributed by atoms with Gasteiger partial charge in [-0.3, -0.25) is 4.79 Å². The second kappa shape index (κ2) is 7.54. The molecule has 5 aromatic carbocycles. The molecule has 6 rings (SSSR count). The van der Waals surface area contributed by atoms with E-state index in [1.54, 1.807) is 0 Å². The van der Waals surface area contributed by atoms with Crippen molar-refractivity contribution >= 4 is 70.3 Å². The van der Waals surface area contributed by atoms with Crippen LogP contribution in [-0.2, 0) is 4.79 Å². The fraction of sp³-hybridized carbons (Fsp3) is 0. The van der Waals surface area contributed by atoms with Gasteiger partial charge in [-0.05, 0) is 56.9 Å². The van der Waals surface area contributed by atoms with Crippen LogP contribution in [-0.4, -0.2) is 5.78 Å². The van der Waals surface area contributed by atoms with Crippen molar-refractivity contribution in [1.82, 2.24) is 0 Å². The van der Waals surface area contributed by atoms with E-state index >= 15 is 0 Å². The number of halogens is 2. The fourth-order valence-corrected chi connectivity index (χ4v) is 5.65.